The lowest BCUT2D eigenvalue weighted by Gasteiger charge is -2.38. The highest BCUT2D eigenvalue weighted by atomic mass is 16.4. The highest BCUT2D eigenvalue weighted by molar-refractivity contribution is 5.88. The number of para-hydroxylation sites is 2. The molecule has 0 atom stereocenters. The van der Waals surface area contributed by atoms with Gasteiger partial charge in [0.1, 0.15) is 12.1 Å². The molecule has 0 radical (unpaired) electrons. The van der Waals surface area contributed by atoms with Gasteiger partial charge in [-0.2, -0.15) is 0 Å². The van der Waals surface area contributed by atoms with E-state index in [0.717, 1.165) is 17.5 Å². The molecule has 6 nitrogen and oxygen atoms in total. The molecule has 1 aliphatic rings. The van der Waals surface area contributed by atoms with Gasteiger partial charge in [0.15, 0.2) is 0 Å². The fourth-order valence-corrected chi connectivity index (χ4v) is 2.52. The molecule has 3 rings (SSSR count). The Labute approximate surface area is 115 Å². The number of hydrogen-bond acceptors (Lipinski definition) is 3. The van der Waals surface area contributed by atoms with Crippen molar-refractivity contribution in [1.29, 1.82) is 0 Å². The average Bonchev–Trinajstić information content (AvgIpc) is 2.77. The molecule has 0 bridgehead atoms. The van der Waals surface area contributed by atoms with Gasteiger partial charge in [0, 0.05) is 0 Å². The first-order valence-corrected chi connectivity index (χ1v) is 6.55. The second-order valence-electron chi connectivity index (χ2n) is 5.15. The first-order valence-electron chi connectivity index (χ1n) is 6.55. The summed E-state index contributed by atoms with van der Waals surface area (Å²) in [4.78, 5) is 27.5. The number of hydrogen-bond donors (Lipinski definition) is 2. The van der Waals surface area contributed by atoms with Gasteiger partial charge in [0.05, 0.1) is 17.4 Å². The second-order valence-corrected chi connectivity index (χ2v) is 5.15. The number of rotatable bonds is 4. The molecule has 1 fully saturated rings. The molecule has 0 saturated heterocycles. The smallest absolute Gasteiger partial charge is 0.329 e. The molecule has 1 amide bonds. The van der Waals surface area contributed by atoms with E-state index in [1.54, 1.807) is 10.9 Å². The van der Waals surface area contributed by atoms with E-state index in [1.807, 2.05) is 24.3 Å². The minimum atomic E-state index is -1.06. The lowest BCUT2D eigenvalue weighted by Crippen LogP contribution is -2.59. The molecular formula is C14H15N3O3. The van der Waals surface area contributed by atoms with Crippen molar-refractivity contribution in [2.75, 3.05) is 0 Å². The van der Waals surface area contributed by atoms with Crippen LogP contribution in [0.3, 0.4) is 0 Å². The number of carboxylic acids is 1. The summed E-state index contributed by atoms with van der Waals surface area (Å²) >= 11 is 0. The Morgan fingerprint density at radius 2 is 2.10 bits per heavy atom. The molecule has 1 aromatic heterocycles. The minimum absolute atomic E-state index is 0.0789. The number of nitrogens with one attached hydrogen (secondary N) is 1. The summed E-state index contributed by atoms with van der Waals surface area (Å²) in [5, 5.41) is 11.8. The van der Waals surface area contributed by atoms with Crippen molar-refractivity contribution in [2.45, 2.75) is 31.3 Å². The van der Waals surface area contributed by atoms with Crippen LogP contribution in [0.25, 0.3) is 11.0 Å². The number of fused-ring (bicyclic) bond motifs is 1. The summed E-state index contributed by atoms with van der Waals surface area (Å²) in [5.41, 5.74) is 0.616. The maximum absolute atomic E-state index is 12.0. The van der Waals surface area contributed by atoms with Crippen LogP contribution in [0.4, 0.5) is 0 Å². The van der Waals surface area contributed by atoms with Crippen molar-refractivity contribution >= 4 is 22.9 Å². The molecule has 1 aliphatic carbocycles. The summed E-state index contributed by atoms with van der Waals surface area (Å²) in [7, 11) is 0. The Morgan fingerprint density at radius 1 is 1.35 bits per heavy atom. The number of carbonyl (C=O) groups excluding carboxylic acids is 1. The average molecular weight is 273 g/mol. The zero-order valence-corrected chi connectivity index (χ0v) is 10.9. The predicted octanol–water partition coefficient (Wildman–Crippen LogP) is 1.16. The van der Waals surface area contributed by atoms with Crippen LogP contribution in [-0.4, -0.2) is 32.1 Å². The molecule has 20 heavy (non-hydrogen) atoms. The Bertz CT molecular complexity index is 673. The predicted molar refractivity (Wildman–Crippen MR) is 72.1 cm³/mol. The van der Waals surface area contributed by atoms with E-state index < -0.39 is 11.5 Å². The Hall–Kier alpha value is -2.37. The number of benzene rings is 1. The van der Waals surface area contributed by atoms with Crippen LogP contribution in [0.2, 0.25) is 0 Å². The number of aromatic nitrogens is 2. The van der Waals surface area contributed by atoms with Crippen molar-refractivity contribution in [3.63, 3.8) is 0 Å². The lowest BCUT2D eigenvalue weighted by atomic mass is 9.77. The van der Waals surface area contributed by atoms with E-state index in [2.05, 4.69) is 10.3 Å². The molecule has 2 aromatic rings. The summed E-state index contributed by atoms with van der Waals surface area (Å²) in [6.45, 7) is 0.0789. The standard InChI is InChI=1S/C14H15N3O3/c18-12(16-14(13(19)20)6-3-7-14)8-17-9-15-10-4-1-2-5-11(10)17/h1-2,4-5,9H,3,6-8H2,(H,16,18)(H,19,20). The summed E-state index contributed by atoms with van der Waals surface area (Å²) in [5.74, 6) is -1.25. The first-order chi connectivity index (χ1) is 9.61. The van der Waals surface area contributed by atoms with Crippen LogP contribution in [0.5, 0.6) is 0 Å². The van der Waals surface area contributed by atoms with E-state index in [4.69, 9.17) is 0 Å². The third-order valence-electron chi connectivity index (χ3n) is 3.84. The number of carbonyl (C=O) groups is 2. The highest BCUT2D eigenvalue weighted by Crippen LogP contribution is 2.32. The van der Waals surface area contributed by atoms with Crippen LogP contribution in [0.15, 0.2) is 30.6 Å². The van der Waals surface area contributed by atoms with Crippen LogP contribution >= 0.6 is 0 Å². The maximum Gasteiger partial charge on any atom is 0.329 e. The van der Waals surface area contributed by atoms with Crippen LogP contribution in [0, 0.1) is 0 Å². The number of aliphatic carboxylic acids is 1. The molecule has 104 valence electrons. The molecule has 6 heteroatoms. The first kappa shape index (κ1) is 12.7. The molecule has 1 saturated carbocycles. The summed E-state index contributed by atoms with van der Waals surface area (Å²) in [6, 6.07) is 7.51. The third-order valence-corrected chi connectivity index (χ3v) is 3.84. The number of imidazole rings is 1. The van der Waals surface area contributed by atoms with Gasteiger partial charge >= 0.3 is 5.97 Å². The van der Waals surface area contributed by atoms with Gasteiger partial charge in [0.25, 0.3) is 0 Å². The molecule has 1 aromatic carbocycles. The van der Waals surface area contributed by atoms with E-state index in [1.165, 1.54) is 0 Å². The highest BCUT2D eigenvalue weighted by Gasteiger charge is 2.45. The van der Waals surface area contributed by atoms with E-state index >= 15 is 0 Å². The van der Waals surface area contributed by atoms with Crippen molar-refractivity contribution < 1.29 is 14.7 Å². The van der Waals surface area contributed by atoms with Crippen LogP contribution in [0.1, 0.15) is 19.3 Å². The van der Waals surface area contributed by atoms with Crippen LogP contribution < -0.4 is 5.32 Å². The monoisotopic (exact) mass is 273 g/mol. The van der Waals surface area contributed by atoms with Gasteiger partial charge in [-0.15, -0.1) is 0 Å². The second kappa shape index (κ2) is 4.63. The fraction of sp³-hybridized carbons (Fsp3) is 0.357. The molecule has 2 N–H and O–H groups in total. The van der Waals surface area contributed by atoms with E-state index in [9.17, 15) is 14.7 Å². The van der Waals surface area contributed by atoms with E-state index in [0.29, 0.717) is 12.8 Å². The van der Waals surface area contributed by atoms with Crippen molar-refractivity contribution in [2.24, 2.45) is 0 Å². The summed E-state index contributed by atoms with van der Waals surface area (Å²) < 4.78 is 1.72. The Balaban J connectivity index is 1.75. The van der Waals surface area contributed by atoms with Crippen molar-refractivity contribution in [1.82, 2.24) is 14.9 Å². The fourth-order valence-electron chi connectivity index (χ4n) is 2.52. The SMILES string of the molecule is O=C(Cn1cnc2ccccc21)NC1(C(=O)O)CCC1. The molecule has 0 aliphatic heterocycles. The zero-order chi connectivity index (χ0) is 14.2. The molecule has 0 unspecified atom stereocenters. The summed E-state index contributed by atoms with van der Waals surface area (Å²) in [6.07, 6.45) is 3.43. The van der Waals surface area contributed by atoms with Gasteiger partial charge in [-0.05, 0) is 31.4 Å². The molecule has 1 heterocycles. The number of carboxylic acid groups (broad SMARTS) is 1. The topological polar surface area (TPSA) is 84.2 Å². The normalized spacial score (nSPS) is 16.6. The van der Waals surface area contributed by atoms with Gasteiger partial charge in [-0.3, -0.25) is 4.79 Å². The van der Waals surface area contributed by atoms with E-state index in [-0.39, 0.29) is 12.5 Å². The number of nitrogens with zero attached hydrogens (tertiary/aromatic N) is 2. The third kappa shape index (κ3) is 2.03. The largest absolute Gasteiger partial charge is 0.480 e. The Morgan fingerprint density at radius 3 is 2.75 bits per heavy atom. The van der Waals surface area contributed by atoms with Gasteiger partial charge in [-0.25, -0.2) is 9.78 Å². The maximum atomic E-state index is 12.0. The molecule has 0 spiro atoms. The van der Waals surface area contributed by atoms with Crippen molar-refractivity contribution in [3.05, 3.63) is 30.6 Å². The van der Waals surface area contributed by atoms with Crippen molar-refractivity contribution in [3.8, 4) is 0 Å². The lowest BCUT2D eigenvalue weighted by molar-refractivity contribution is -0.151. The number of amides is 1. The van der Waals surface area contributed by atoms with Crippen LogP contribution in [-0.2, 0) is 16.1 Å². The Kier molecular flexibility index (Phi) is 2.93. The van der Waals surface area contributed by atoms with Gasteiger partial charge in [0.2, 0.25) is 5.91 Å². The quantitative estimate of drug-likeness (QED) is 0.875. The molecular weight excluding hydrogens is 258 g/mol. The van der Waals surface area contributed by atoms with Gasteiger partial charge < -0.3 is 15.0 Å². The zero-order valence-electron chi connectivity index (χ0n) is 10.9. The van der Waals surface area contributed by atoms with Gasteiger partial charge in [-0.1, -0.05) is 12.1 Å². The minimum Gasteiger partial charge on any atom is -0.480 e.